The zero-order valence-corrected chi connectivity index (χ0v) is 26.8. The lowest BCUT2D eigenvalue weighted by Gasteiger charge is -2.34. The fraction of sp³-hybridized carbons (Fsp3) is 0.586. The molecule has 3 fully saturated rings. The Morgan fingerprint density at radius 3 is 2.41 bits per heavy atom. The molecule has 15 heteroatoms. The van der Waals surface area contributed by atoms with Crippen LogP contribution in [0.25, 0.3) is 10.8 Å². The highest BCUT2D eigenvalue weighted by atomic mass is 35.5. The summed E-state index contributed by atoms with van der Waals surface area (Å²) in [6, 6.07) is 2.72. The number of ether oxygens (including phenoxy) is 3. The van der Waals surface area contributed by atoms with Gasteiger partial charge in [0.25, 0.3) is 5.91 Å². The van der Waals surface area contributed by atoms with Crippen LogP contribution in [-0.2, 0) is 28.8 Å². The van der Waals surface area contributed by atoms with Crippen LogP contribution in [0.2, 0.25) is 5.02 Å². The Balaban J connectivity index is 1.39. The molecule has 5 rings (SSSR count). The van der Waals surface area contributed by atoms with E-state index >= 15 is 0 Å². The Labute approximate surface area is 261 Å². The monoisotopic (exact) mass is 652 g/mol. The van der Waals surface area contributed by atoms with Crippen molar-refractivity contribution in [1.29, 1.82) is 0 Å². The number of benzene rings is 1. The van der Waals surface area contributed by atoms with Crippen molar-refractivity contribution in [1.82, 2.24) is 19.5 Å². The van der Waals surface area contributed by atoms with Gasteiger partial charge in [-0.3, -0.25) is 18.7 Å². The van der Waals surface area contributed by atoms with Gasteiger partial charge in [-0.15, -0.1) is 0 Å². The Hall–Kier alpha value is -3.36. The van der Waals surface area contributed by atoms with Crippen molar-refractivity contribution in [3.05, 3.63) is 29.4 Å². The predicted molar refractivity (Wildman–Crippen MR) is 160 cm³/mol. The van der Waals surface area contributed by atoms with E-state index in [1.165, 1.54) is 23.8 Å². The van der Waals surface area contributed by atoms with Crippen molar-refractivity contribution < 1.29 is 41.2 Å². The minimum absolute atomic E-state index is 0.00989. The molecule has 0 radical (unpaired) electrons. The first-order chi connectivity index (χ1) is 20.7. The SMILES string of the molecule is COc1ccc2c(OC3CC(C(=O)N(C4CC4)C(C)C(=O)NS(=O)(=O)OC4CC4)N(C(=O)OC(C)(C)C)C3)nccc2c1Cl. The van der Waals surface area contributed by atoms with Gasteiger partial charge in [0, 0.05) is 29.4 Å². The smallest absolute Gasteiger partial charge is 0.411 e. The molecular formula is C29H37ClN4O9S. The molecule has 1 aromatic carbocycles. The molecule has 1 N–H and O–H groups in total. The van der Waals surface area contributed by atoms with Gasteiger partial charge in [-0.05, 0) is 71.6 Å². The molecular weight excluding hydrogens is 616 g/mol. The third kappa shape index (κ3) is 7.29. The Bertz CT molecular complexity index is 1560. The number of rotatable bonds is 10. The van der Waals surface area contributed by atoms with Crippen molar-refractivity contribution in [3.8, 4) is 11.6 Å². The maximum Gasteiger partial charge on any atom is 0.411 e. The number of pyridine rings is 1. The van der Waals surface area contributed by atoms with Crippen LogP contribution in [-0.4, -0.2) is 90.7 Å². The minimum atomic E-state index is -4.33. The van der Waals surface area contributed by atoms with Crippen molar-refractivity contribution in [2.24, 2.45) is 0 Å². The van der Waals surface area contributed by atoms with Gasteiger partial charge < -0.3 is 19.1 Å². The first-order valence-electron chi connectivity index (χ1n) is 14.5. The number of nitrogens with zero attached hydrogens (tertiary/aromatic N) is 3. The van der Waals surface area contributed by atoms with Crippen LogP contribution in [0.1, 0.15) is 59.8 Å². The molecule has 2 aliphatic carbocycles. The molecule has 1 aromatic heterocycles. The number of carbonyl (C=O) groups is 3. The molecule has 2 heterocycles. The van der Waals surface area contributed by atoms with Crippen molar-refractivity contribution in [2.75, 3.05) is 13.7 Å². The average Bonchev–Trinajstić information content (AvgIpc) is 3.87. The van der Waals surface area contributed by atoms with Gasteiger partial charge in [-0.25, -0.2) is 14.5 Å². The van der Waals surface area contributed by atoms with Crippen LogP contribution < -0.4 is 14.2 Å². The second kappa shape index (κ2) is 12.2. The van der Waals surface area contributed by atoms with Gasteiger partial charge in [-0.2, -0.15) is 8.42 Å². The van der Waals surface area contributed by atoms with Gasteiger partial charge in [0.15, 0.2) is 0 Å². The van der Waals surface area contributed by atoms with E-state index in [0.717, 1.165) is 0 Å². The summed E-state index contributed by atoms with van der Waals surface area (Å²) in [5.74, 6) is -0.648. The standard InChI is InChI=1S/C29H37ClN4O9S/c1-16(25(35)32-44(38,39)43-18-8-9-18)34(17-6-7-17)27(36)22-14-19(15-33(22)28(37)42-29(2,3)4)41-26-21-10-11-23(40-5)24(30)20(21)12-13-31-26/h10-13,16-19,22H,6-9,14-15H2,1-5H3,(H,32,35). The number of hydrogen-bond acceptors (Lipinski definition) is 10. The number of halogens is 1. The van der Waals surface area contributed by atoms with Crippen LogP contribution in [0.3, 0.4) is 0 Å². The summed E-state index contributed by atoms with van der Waals surface area (Å²) in [6.45, 7) is 6.62. The Morgan fingerprint density at radius 2 is 1.80 bits per heavy atom. The average molecular weight is 653 g/mol. The summed E-state index contributed by atoms with van der Waals surface area (Å²) >= 11 is 6.51. The number of fused-ring (bicyclic) bond motifs is 1. The first kappa shape index (κ1) is 32.0. The Morgan fingerprint density at radius 1 is 1.09 bits per heavy atom. The number of nitrogens with one attached hydrogen (secondary N) is 1. The first-order valence-corrected chi connectivity index (χ1v) is 16.3. The number of hydrogen-bond donors (Lipinski definition) is 1. The third-order valence-corrected chi connectivity index (χ3v) is 8.85. The number of amides is 3. The molecule has 3 unspecified atom stereocenters. The molecule has 0 spiro atoms. The highest BCUT2D eigenvalue weighted by Crippen LogP contribution is 2.38. The molecule has 3 aliphatic rings. The zero-order valence-electron chi connectivity index (χ0n) is 25.2. The number of likely N-dealkylation sites (tertiary alicyclic amines) is 1. The minimum Gasteiger partial charge on any atom is -0.495 e. The lowest BCUT2D eigenvalue weighted by atomic mass is 10.1. The van der Waals surface area contributed by atoms with Crippen molar-refractivity contribution in [2.45, 2.75) is 95.7 Å². The lowest BCUT2D eigenvalue weighted by Crippen LogP contribution is -2.56. The van der Waals surface area contributed by atoms with E-state index in [9.17, 15) is 22.8 Å². The van der Waals surface area contributed by atoms with Crippen molar-refractivity contribution in [3.63, 3.8) is 0 Å². The van der Waals surface area contributed by atoms with E-state index in [-0.39, 0.29) is 24.9 Å². The van der Waals surface area contributed by atoms with Crippen LogP contribution in [0.5, 0.6) is 11.6 Å². The second-order valence-electron chi connectivity index (χ2n) is 12.3. The Kier molecular flexibility index (Phi) is 8.89. The fourth-order valence-corrected chi connectivity index (χ4v) is 6.45. The number of methoxy groups -OCH3 is 1. The largest absolute Gasteiger partial charge is 0.495 e. The highest BCUT2D eigenvalue weighted by Gasteiger charge is 2.49. The molecule has 44 heavy (non-hydrogen) atoms. The van der Waals surface area contributed by atoms with Crippen LogP contribution in [0, 0.1) is 0 Å². The van der Waals surface area contributed by atoms with Gasteiger partial charge in [0.05, 0.1) is 24.8 Å². The van der Waals surface area contributed by atoms with E-state index in [0.29, 0.717) is 47.2 Å². The third-order valence-electron chi connectivity index (χ3n) is 7.49. The van der Waals surface area contributed by atoms with E-state index in [2.05, 4.69) is 4.98 Å². The summed E-state index contributed by atoms with van der Waals surface area (Å²) in [4.78, 5) is 47.6. The van der Waals surface area contributed by atoms with E-state index in [4.69, 9.17) is 30.0 Å². The summed E-state index contributed by atoms with van der Waals surface area (Å²) in [6.07, 6.45) is 2.28. The lowest BCUT2D eigenvalue weighted by molar-refractivity contribution is -0.143. The number of carbonyl (C=O) groups excluding carboxylic acids is 3. The van der Waals surface area contributed by atoms with E-state index < -0.39 is 58.1 Å². The van der Waals surface area contributed by atoms with Crippen LogP contribution in [0.4, 0.5) is 4.79 Å². The van der Waals surface area contributed by atoms with Crippen molar-refractivity contribution >= 4 is 50.6 Å². The molecule has 3 amide bonds. The summed E-state index contributed by atoms with van der Waals surface area (Å²) < 4.78 is 48.7. The molecule has 240 valence electrons. The summed E-state index contributed by atoms with van der Waals surface area (Å²) in [5, 5.41) is 1.67. The van der Waals surface area contributed by atoms with E-state index in [1.807, 2.05) is 4.72 Å². The maximum absolute atomic E-state index is 14.1. The molecule has 1 aliphatic heterocycles. The predicted octanol–water partition coefficient (Wildman–Crippen LogP) is 3.57. The zero-order chi connectivity index (χ0) is 32.0. The van der Waals surface area contributed by atoms with Crippen LogP contribution in [0.15, 0.2) is 24.4 Å². The maximum atomic E-state index is 14.1. The summed E-state index contributed by atoms with van der Waals surface area (Å²) in [7, 11) is -2.81. The van der Waals surface area contributed by atoms with Gasteiger partial charge in [0.1, 0.15) is 29.5 Å². The topological polar surface area (TPSA) is 154 Å². The second-order valence-corrected chi connectivity index (χ2v) is 14.0. The van der Waals surface area contributed by atoms with E-state index in [1.54, 1.807) is 45.2 Å². The molecule has 1 saturated heterocycles. The molecule has 3 atom stereocenters. The van der Waals surface area contributed by atoms with Gasteiger partial charge >= 0.3 is 16.4 Å². The van der Waals surface area contributed by atoms with Gasteiger partial charge in [0.2, 0.25) is 11.8 Å². The summed E-state index contributed by atoms with van der Waals surface area (Å²) in [5.41, 5.74) is -0.837. The van der Waals surface area contributed by atoms with Gasteiger partial charge in [-0.1, -0.05) is 11.6 Å². The molecule has 2 saturated carbocycles. The molecule has 13 nitrogen and oxygen atoms in total. The number of aromatic nitrogens is 1. The normalized spacial score (nSPS) is 21.1. The molecule has 2 aromatic rings. The quantitative estimate of drug-likeness (QED) is 0.403. The fourth-order valence-electron chi connectivity index (χ4n) is 5.13. The highest BCUT2D eigenvalue weighted by molar-refractivity contribution is 7.85. The molecule has 0 bridgehead atoms. The van der Waals surface area contributed by atoms with Crippen LogP contribution >= 0.6 is 11.6 Å².